The number of carbonyl (C=O) groups excluding carboxylic acids is 3. The fourth-order valence-electron chi connectivity index (χ4n) is 3.86. The zero-order valence-corrected chi connectivity index (χ0v) is 22.3. The van der Waals surface area contributed by atoms with Crippen LogP contribution in [-0.4, -0.2) is 81.3 Å². The Hall–Kier alpha value is -1.95. The van der Waals surface area contributed by atoms with E-state index in [1.807, 2.05) is 0 Å². The van der Waals surface area contributed by atoms with Crippen molar-refractivity contribution in [2.24, 2.45) is 22.9 Å². The van der Waals surface area contributed by atoms with Crippen molar-refractivity contribution in [2.75, 3.05) is 52.4 Å². The van der Waals surface area contributed by atoms with E-state index in [0.29, 0.717) is 26.1 Å². The molecule has 0 aliphatic carbocycles. The molecule has 0 heterocycles. The van der Waals surface area contributed by atoms with Crippen molar-refractivity contribution in [2.45, 2.75) is 89.5 Å². The molecule has 0 aromatic carbocycles. The smallest absolute Gasteiger partial charge is 0.404 e. The summed E-state index contributed by atoms with van der Waals surface area (Å²) >= 11 is 0. The summed E-state index contributed by atoms with van der Waals surface area (Å²) in [4.78, 5) is 38.3. The molecule has 0 radical (unpaired) electrons. The summed E-state index contributed by atoms with van der Waals surface area (Å²) in [5.74, 6) is -0.375. The summed E-state index contributed by atoms with van der Waals surface area (Å²) < 4.78 is 4.89. The van der Waals surface area contributed by atoms with Crippen LogP contribution in [0.4, 0.5) is 4.79 Å². The molecule has 11 nitrogen and oxygen atoms in total. The van der Waals surface area contributed by atoms with E-state index in [2.05, 4.69) is 10.6 Å². The van der Waals surface area contributed by atoms with Gasteiger partial charge in [0.1, 0.15) is 6.61 Å². The minimum atomic E-state index is -0.884. The largest absolute Gasteiger partial charge is 0.448 e. The van der Waals surface area contributed by atoms with Crippen molar-refractivity contribution >= 4 is 17.9 Å². The van der Waals surface area contributed by atoms with Gasteiger partial charge in [-0.1, -0.05) is 44.9 Å². The zero-order valence-electron chi connectivity index (χ0n) is 22.3. The summed E-state index contributed by atoms with van der Waals surface area (Å²) in [7, 11) is 0. The maximum atomic E-state index is 12.9. The van der Waals surface area contributed by atoms with Crippen LogP contribution in [0, 0.1) is 0 Å². The van der Waals surface area contributed by atoms with Crippen LogP contribution in [0.5, 0.6) is 0 Å². The molecular formula is C25H53N7O4. The van der Waals surface area contributed by atoms with Crippen molar-refractivity contribution in [3.05, 3.63) is 0 Å². The predicted molar refractivity (Wildman–Crippen MR) is 144 cm³/mol. The van der Waals surface area contributed by atoms with Gasteiger partial charge in [0.25, 0.3) is 0 Å². The SMILES string of the molecule is NCCCCCCCNCC(=O)N(CCCCCCCN)CC(=O)NC(CCCCN)COC(N)=O. The van der Waals surface area contributed by atoms with E-state index >= 15 is 0 Å². The summed E-state index contributed by atoms with van der Waals surface area (Å²) in [5, 5.41) is 6.10. The average molecular weight is 516 g/mol. The first-order valence-electron chi connectivity index (χ1n) is 13.7. The number of amides is 3. The molecule has 0 aromatic rings. The van der Waals surface area contributed by atoms with E-state index in [1.165, 1.54) is 0 Å². The third-order valence-electron chi connectivity index (χ3n) is 5.95. The molecule has 3 amide bonds. The number of nitrogens with zero attached hydrogens (tertiary/aromatic N) is 1. The molecule has 0 saturated heterocycles. The van der Waals surface area contributed by atoms with Crippen LogP contribution >= 0.6 is 0 Å². The highest BCUT2D eigenvalue weighted by Gasteiger charge is 2.20. The second-order valence-electron chi connectivity index (χ2n) is 9.28. The summed E-state index contributed by atoms with van der Waals surface area (Å²) in [5.41, 5.74) is 21.7. The molecule has 0 bridgehead atoms. The highest BCUT2D eigenvalue weighted by molar-refractivity contribution is 5.85. The van der Waals surface area contributed by atoms with Crippen LogP contribution < -0.4 is 33.6 Å². The number of nitrogens with two attached hydrogens (primary N) is 4. The van der Waals surface area contributed by atoms with E-state index in [9.17, 15) is 14.4 Å². The number of hydrogen-bond donors (Lipinski definition) is 6. The first-order valence-corrected chi connectivity index (χ1v) is 13.7. The minimum absolute atomic E-state index is 0.00638. The van der Waals surface area contributed by atoms with Gasteiger partial charge >= 0.3 is 6.09 Å². The Morgan fingerprint density at radius 3 is 1.92 bits per heavy atom. The van der Waals surface area contributed by atoms with Crippen LogP contribution in [-0.2, 0) is 14.3 Å². The first kappa shape index (κ1) is 34.0. The molecule has 1 atom stereocenters. The van der Waals surface area contributed by atoms with Gasteiger partial charge in [0.05, 0.1) is 19.1 Å². The highest BCUT2D eigenvalue weighted by Crippen LogP contribution is 2.06. The predicted octanol–water partition coefficient (Wildman–Crippen LogP) is 0.932. The van der Waals surface area contributed by atoms with Gasteiger partial charge in [0.2, 0.25) is 11.8 Å². The lowest BCUT2D eigenvalue weighted by molar-refractivity contribution is -0.135. The second-order valence-corrected chi connectivity index (χ2v) is 9.28. The number of ether oxygens (including phenoxy) is 1. The number of unbranched alkanes of at least 4 members (excludes halogenated alkanes) is 9. The Bertz CT molecular complexity index is 567. The standard InChI is InChI=1S/C25H53N7O4/c26-14-8-3-1-5-11-17-30-19-24(34)32(18-12-6-2-4-9-15-27)20-23(33)31-22(13-7-10-16-28)21-36-25(29)35/h22,30H,1-21,26-28H2,(H2,29,35)(H,31,33). The topological polar surface area (TPSA) is 192 Å². The molecule has 0 aromatic heterocycles. The van der Waals surface area contributed by atoms with Crippen molar-refractivity contribution in [3.63, 3.8) is 0 Å². The van der Waals surface area contributed by atoms with E-state index < -0.39 is 6.09 Å². The Morgan fingerprint density at radius 1 is 0.750 bits per heavy atom. The molecular weight excluding hydrogens is 462 g/mol. The number of carbonyl (C=O) groups is 3. The Balaban J connectivity index is 4.71. The fraction of sp³-hybridized carbons (Fsp3) is 0.880. The van der Waals surface area contributed by atoms with E-state index in [4.69, 9.17) is 27.7 Å². The maximum absolute atomic E-state index is 12.9. The number of rotatable bonds is 25. The fourth-order valence-corrected chi connectivity index (χ4v) is 3.86. The van der Waals surface area contributed by atoms with Gasteiger partial charge in [-0.3, -0.25) is 9.59 Å². The normalized spacial score (nSPS) is 11.8. The van der Waals surface area contributed by atoms with Gasteiger partial charge in [-0.15, -0.1) is 0 Å². The molecule has 11 heteroatoms. The Kier molecular flexibility index (Phi) is 23.4. The average Bonchev–Trinajstić information content (AvgIpc) is 2.85. The lowest BCUT2D eigenvalue weighted by atomic mass is 10.1. The van der Waals surface area contributed by atoms with E-state index in [0.717, 1.165) is 90.1 Å². The molecule has 0 saturated carbocycles. The number of nitrogens with one attached hydrogen (secondary N) is 2. The van der Waals surface area contributed by atoms with Crippen LogP contribution in [0.1, 0.15) is 83.5 Å². The highest BCUT2D eigenvalue weighted by atomic mass is 16.5. The summed E-state index contributed by atoms with van der Waals surface area (Å²) in [6.45, 7) is 3.41. The number of hydrogen-bond acceptors (Lipinski definition) is 8. The van der Waals surface area contributed by atoms with Crippen molar-refractivity contribution in [1.29, 1.82) is 0 Å². The molecule has 0 fully saturated rings. The van der Waals surface area contributed by atoms with Gasteiger partial charge in [0, 0.05) is 6.54 Å². The van der Waals surface area contributed by atoms with E-state index in [1.54, 1.807) is 4.90 Å². The molecule has 10 N–H and O–H groups in total. The van der Waals surface area contributed by atoms with E-state index in [-0.39, 0.29) is 37.6 Å². The molecule has 0 spiro atoms. The van der Waals surface area contributed by atoms with Crippen molar-refractivity contribution < 1.29 is 19.1 Å². The van der Waals surface area contributed by atoms with Gasteiger partial charge in [-0.2, -0.15) is 0 Å². The quantitative estimate of drug-likeness (QED) is 0.0967. The maximum Gasteiger partial charge on any atom is 0.404 e. The molecule has 1 unspecified atom stereocenters. The Morgan fingerprint density at radius 2 is 1.31 bits per heavy atom. The van der Waals surface area contributed by atoms with Crippen LogP contribution in [0.3, 0.4) is 0 Å². The molecule has 36 heavy (non-hydrogen) atoms. The van der Waals surface area contributed by atoms with Crippen molar-refractivity contribution in [1.82, 2.24) is 15.5 Å². The van der Waals surface area contributed by atoms with Gasteiger partial charge in [-0.25, -0.2) is 4.79 Å². The Labute approximate surface area is 217 Å². The second kappa shape index (κ2) is 24.7. The lowest BCUT2D eigenvalue weighted by Crippen LogP contribution is -2.48. The lowest BCUT2D eigenvalue weighted by Gasteiger charge is -2.25. The molecule has 212 valence electrons. The van der Waals surface area contributed by atoms with Crippen LogP contribution in [0.25, 0.3) is 0 Å². The van der Waals surface area contributed by atoms with Gasteiger partial charge < -0.3 is 43.2 Å². The summed E-state index contributed by atoms with van der Waals surface area (Å²) in [6.07, 6.45) is 11.7. The van der Waals surface area contributed by atoms with Gasteiger partial charge in [0.15, 0.2) is 0 Å². The third kappa shape index (κ3) is 21.3. The zero-order chi connectivity index (χ0) is 26.9. The monoisotopic (exact) mass is 515 g/mol. The minimum Gasteiger partial charge on any atom is -0.448 e. The van der Waals surface area contributed by atoms with Gasteiger partial charge in [-0.05, 0) is 64.7 Å². The van der Waals surface area contributed by atoms with Crippen LogP contribution in [0.15, 0.2) is 0 Å². The number of primary amides is 1. The first-order chi connectivity index (χ1) is 17.4. The van der Waals surface area contributed by atoms with Crippen LogP contribution in [0.2, 0.25) is 0 Å². The molecule has 0 rings (SSSR count). The third-order valence-corrected chi connectivity index (χ3v) is 5.95. The van der Waals surface area contributed by atoms with Crippen molar-refractivity contribution in [3.8, 4) is 0 Å². The summed E-state index contributed by atoms with van der Waals surface area (Å²) in [6, 6.07) is -0.373. The molecule has 0 aliphatic heterocycles. The molecule has 0 aliphatic rings.